The summed E-state index contributed by atoms with van der Waals surface area (Å²) >= 11 is 0. The van der Waals surface area contributed by atoms with Gasteiger partial charge in [-0.2, -0.15) is 0 Å². The van der Waals surface area contributed by atoms with Crippen LogP contribution >= 0.6 is 10.7 Å². The normalized spacial score (nSPS) is 11.4. The van der Waals surface area contributed by atoms with Crippen molar-refractivity contribution in [1.29, 1.82) is 0 Å². The first-order valence-corrected chi connectivity index (χ1v) is 7.73. The molecule has 0 aliphatic heterocycles. The summed E-state index contributed by atoms with van der Waals surface area (Å²) in [5.41, 5.74) is 0.188. The van der Waals surface area contributed by atoms with Crippen molar-refractivity contribution in [3.05, 3.63) is 28.3 Å². The summed E-state index contributed by atoms with van der Waals surface area (Å²) in [6.45, 7) is 0. The Morgan fingerprint density at radius 3 is 2.52 bits per heavy atom. The van der Waals surface area contributed by atoms with Crippen LogP contribution in [0.3, 0.4) is 0 Å². The lowest BCUT2D eigenvalue weighted by atomic mass is 10.1. The van der Waals surface area contributed by atoms with E-state index in [0.717, 1.165) is 4.57 Å². The lowest BCUT2D eigenvalue weighted by Gasteiger charge is -2.07. The summed E-state index contributed by atoms with van der Waals surface area (Å²) in [5, 5.41) is 17.5. The summed E-state index contributed by atoms with van der Waals surface area (Å²) < 4.78 is 28.9. The third-order valence-electron chi connectivity index (χ3n) is 2.69. The summed E-state index contributed by atoms with van der Waals surface area (Å²) in [7, 11) is 3.92. The highest BCUT2D eigenvalue weighted by Crippen LogP contribution is 2.32. The SMILES string of the molecule is COc1cc([N+](=O)[O-])ccc1-c1nnc(S(=O)(=O)Cl)n1C. The van der Waals surface area contributed by atoms with E-state index in [2.05, 4.69) is 10.2 Å². The van der Waals surface area contributed by atoms with Crippen LogP contribution in [0.5, 0.6) is 5.75 Å². The molecule has 0 saturated heterocycles. The molecule has 0 atom stereocenters. The smallest absolute Gasteiger partial charge is 0.296 e. The van der Waals surface area contributed by atoms with Gasteiger partial charge in [-0.15, -0.1) is 10.2 Å². The Labute approximate surface area is 123 Å². The lowest BCUT2D eigenvalue weighted by Crippen LogP contribution is -2.03. The molecular weight excluding hydrogens is 324 g/mol. The van der Waals surface area contributed by atoms with Crippen molar-refractivity contribution in [2.45, 2.75) is 5.16 Å². The van der Waals surface area contributed by atoms with Gasteiger partial charge in [-0.05, 0) is 6.07 Å². The third kappa shape index (κ3) is 2.81. The fourth-order valence-electron chi connectivity index (χ4n) is 1.74. The van der Waals surface area contributed by atoms with Gasteiger partial charge in [0.25, 0.3) is 19.9 Å². The minimum absolute atomic E-state index is 0.154. The first-order chi connectivity index (χ1) is 9.75. The van der Waals surface area contributed by atoms with Gasteiger partial charge in [0, 0.05) is 23.8 Å². The topological polar surface area (TPSA) is 117 Å². The molecule has 1 aromatic carbocycles. The van der Waals surface area contributed by atoms with Gasteiger partial charge < -0.3 is 4.74 Å². The molecule has 0 unspecified atom stereocenters. The van der Waals surface area contributed by atoms with E-state index in [1.165, 1.54) is 32.4 Å². The zero-order valence-corrected chi connectivity index (χ0v) is 12.4. The van der Waals surface area contributed by atoms with Crippen LogP contribution in [0, 0.1) is 10.1 Å². The Bertz CT molecular complexity index is 817. The molecule has 112 valence electrons. The molecule has 2 rings (SSSR count). The maximum Gasteiger partial charge on any atom is 0.296 e. The molecule has 0 N–H and O–H groups in total. The van der Waals surface area contributed by atoms with Crippen molar-refractivity contribution < 1.29 is 18.1 Å². The number of nitrogens with zero attached hydrogens (tertiary/aromatic N) is 4. The second-order valence-corrected chi connectivity index (χ2v) is 6.40. The maximum atomic E-state index is 11.3. The van der Waals surface area contributed by atoms with Gasteiger partial charge in [-0.1, -0.05) is 0 Å². The summed E-state index contributed by atoms with van der Waals surface area (Å²) in [4.78, 5) is 10.2. The first kappa shape index (κ1) is 15.2. The summed E-state index contributed by atoms with van der Waals surface area (Å²) in [6, 6.07) is 3.85. The van der Waals surface area contributed by atoms with E-state index in [9.17, 15) is 18.5 Å². The molecule has 9 nitrogen and oxygen atoms in total. The second kappa shape index (κ2) is 5.30. The van der Waals surface area contributed by atoms with Crippen LogP contribution in [-0.2, 0) is 16.1 Å². The van der Waals surface area contributed by atoms with Crippen LogP contribution in [-0.4, -0.2) is 35.2 Å². The molecule has 1 heterocycles. The van der Waals surface area contributed by atoms with Gasteiger partial charge in [0.05, 0.1) is 23.7 Å². The molecule has 1 aromatic heterocycles. The fraction of sp³-hybridized carbons (Fsp3) is 0.200. The number of aromatic nitrogens is 3. The quantitative estimate of drug-likeness (QED) is 0.470. The predicted octanol–water partition coefficient (Wildman–Crippen LogP) is 1.33. The Kier molecular flexibility index (Phi) is 3.83. The maximum absolute atomic E-state index is 11.3. The van der Waals surface area contributed by atoms with Crippen molar-refractivity contribution in [3.63, 3.8) is 0 Å². The highest BCUT2D eigenvalue weighted by molar-refractivity contribution is 8.13. The molecule has 0 saturated carbocycles. The van der Waals surface area contributed by atoms with Crippen LogP contribution in [0.25, 0.3) is 11.4 Å². The molecule has 2 aromatic rings. The van der Waals surface area contributed by atoms with E-state index in [4.69, 9.17) is 15.4 Å². The number of nitro groups is 1. The predicted molar refractivity (Wildman–Crippen MR) is 72.7 cm³/mol. The van der Waals surface area contributed by atoms with Crippen LogP contribution in [0.1, 0.15) is 0 Å². The Hall–Kier alpha value is -2.20. The Balaban J connectivity index is 2.63. The number of non-ortho nitro benzene ring substituents is 1. The van der Waals surface area contributed by atoms with Crippen molar-refractivity contribution in [1.82, 2.24) is 14.8 Å². The zero-order chi connectivity index (χ0) is 15.8. The number of hydrogen-bond acceptors (Lipinski definition) is 7. The molecule has 0 amide bonds. The van der Waals surface area contributed by atoms with E-state index in [0.29, 0.717) is 5.56 Å². The van der Waals surface area contributed by atoms with E-state index < -0.39 is 19.1 Å². The van der Waals surface area contributed by atoms with Gasteiger partial charge in [0.2, 0.25) is 0 Å². The minimum Gasteiger partial charge on any atom is -0.496 e. The number of nitro benzene ring substituents is 1. The number of methoxy groups -OCH3 is 1. The molecule has 0 aliphatic carbocycles. The van der Waals surface area contributed by atoms with Crippen LogP contribution in [0.4, 0.5) is 5.69 Å². The van der Waals surface area contributed by atoms with Gasteiger partial charge in [0.15, 0.2) is 5.82 Å². The van der Waals surface area contributed by atoms with Gasteiger partial charge >= 0.3 is 0 Å². The van der Waals surface area contributed by atoms with Crippen LogP contribution in [0.15, 0.2) is 23.4 Å². The number of benzene rings is 1. The minimum atomic E-state index is -4.05. The molecule has 0 spiro atoms. The second-order valence-electron chi connectivity index (χ2n) is 3.94. The van der Waals surface area contributed by atoms with Gasteiger partial charge in [0.1, 0.15) is 5.75 Å². The molecule has 0 aliphatic rings. The van der Waals surface area contributed by atoms with Crippen molar-refractivity contribution in [2.24, 2.45) is 7.05 Å². The standard InChI is InChI=1S/C10H9ClN4O5S/c1-14-9(12-13-10(14)21(11,18)19)7-4-3-6(15(16)17)5-8(7)20-2/h3-5H,1-2H3. The molecule has 0 fully saturated rings. The van der Waals surface area contributed by atoms with E-state index >= 15 is 0 Å². The van der Waals surface area contributed by atoms with Crippen molar-refractivity contribution in [2.75, 3.05) is 7.11 Å². The average Bonchev–Trinajstić information content (AvgIpc) is 2.79. The Morgan fingerprint density at radius 2 is 2.05 bits per heavy atom. The largest absolute Gasteiger partial charge is 0.496 e. The summed E-state index contributed by atoms with van der Waals surface area (Å²) in [6.07, 6.45) is 0. The number of ether oxygens (including phenoxy) is 1. The lowest BCUT2D eigenvalue weighted by molar-refractivity contribution is -0.384. The number of hydrogen-bond donors (Lipinski definition) is 0. The number of rotatable bonds is 4. The molecular formula is C10H9ClN4O5S. The highest BCUT2D eigenvalue weighted by atomic mass is 35.7. The van der Waals surface area contributed by atoms with Gasteiger partial charge in [-0.25, -0.2) is 8.42 Å². The highest BCUT2D eigenvalue weighted by Gasteiger charge is 2.23. The summed E-state index contributed by atoms with van der Waals surface area (Å²) in [5.74, 6) is 0.319. The van der Waals surface area contributed by atoms with Crippen LogP contribution < -0.4 is 4.74 Å². The first-order valence-electron chi connectivity index (χ1n) is 5.42. The van der Waals surface area contributed by atoms with Crippen molar-refractivity contribution >= 4 is 25.4 Å². The molecule has 0 radical (unpaired) electrons. The Morgan fingerprint density at radius 1 is 1.38 bits per heavy atom. The zero-order valence-electron chi connectivity index (χ0n) is 10.8. The van der Waals surface area contributed by atoms with E-state index in [1.54, 1.807) is 0 Å². The molecule has 11 heteroatoms. The average molecular weight is 333 g/mol. The van der Waals surface area contributed by atoms with E-state index in [-0.39, 0.29) is 17.3 Å². The molecule has 0 bridgehead atoms. The number of halogens is 1. The van der Waals surface area contributed by atoms with Gasteiger partial charge in [-0.3, -0.25) is 14.7 Å². The van der Waals surface area contributed by atoms with E-state index in [1.807, 2.05) is 0 Å². The third-order valence-corrected chi connectivity index (χ3v) is 3.90. The monoisotopic (exact) mass is 332 g/mol. The van der Waals surface area contributed by atoms with Crippen molar-refractivity contribution in [3.8, 4) is 17.1 Å². The molecule has 21 heavy (non-hydrogen) atoms. The van der Waals surface area contributed by atoms with Crippen LogP contribution in [0.2, 0.25) is 0 Å². The fourth-order valence-corrected chi connectivity index (χ4v) is 2.70.